The van der Waals surface area contributed by atoms with Crippen LogP contribution < -0.4 is 0 Å². The van der Waals surface area contributed by atoms with Crippen LogP contribution in [0.4, 0.5) is 0 Å². The van der Waals surface area contributed by atoms with Crippen molar-refractivity contribution >= 4 is 0 Å². The molecule has 3 aromatic carbocycles. The number of hydrogen-bond donors (Lipinski definition) is 1. The predicted molar refractivity (Wildman–Crippen MR) is 134 cm³/mol. The van der Waals surface area contributed by atoms with Crippen LogP contribution >= 0.6 is 0 Å². The molecule has 1 N–H and O–H groups in total. The highest BCUT2D eigenvalue weighted by Crippen LogP contribution is 2.34. The average Bonchev–Trinajstić information content (AvgIpc) is 2.94. The van der Waals surface area contributed by atoms with Gasteiger partial charge in [0, 0.05) is 7.11 Å². The maximum absolute atomic E-state index is 10.6. The predicted octanol–water partition coefficient (Wildman–Crippen LogP) is 5.12. The molecule has 0 bridgehead atoms. The molecule has 0 spiro atoms. The maximum atomic E-state index is 10.6. The van der Waals surface area contributed by atoms with E-state index in [-0.39, 0.29) is 12.4 Å². The second kappa shape index (κ2) is 13.1. The third-order valence-corrected chi connectivity index (χ3v) is 5.87. The first kappa shape index (κ1) is 25.7. The summed E-state index contributed by atoms with van der Waals surface area (Å²) in [5.41, 5.74) is 2.95. The van der Waals surface area contributed by atoms with Crippen molar-refractivity contribution < 1.29 is 33.5 Å². The standard InChI is InChI=1S/C29H32O7/c1-31-28(30)26-24(33-18-21-12-6-3-7-13-21)25(34-19-22-14-8-4-9-15-22)27(29(32-2)36-26)35-20-23-16-10-5-11-17-23/h3-17,24-25,27,29-30H,18-20H2,1-2H3/b28-26+/t24-,25-,27+,29-/m0/s1. The lowest BCUT2D eigenvalue weighted by molar-refractivity contribution is -0.274. The van der Waals surface area contributed by atoms with Gasteiger partial charge in [-0.1, -0.05) is 91.0 Å². The first-order chi connectivity index (χ1) is 17.7. The molecule has 7 heteroatoms. The molecule has 0 aliphatic carbocycles. The molecular formula is C29H32O7. The van der Waals surface area contributed by atoms with Gasteiger partial charge in [-0.2, -0.15) is 0 Å². The molecule has 1 saturated heterocycles. The molecule has 1 heterocycles. The van der Waals surface area contributed by atoms with Crippen LogP contribution in [0, 0.1) is 0 Å². The van der Waals surface area contributed by atoms with E-state index in [9.17, 15) is 5.11 Å². The third-order valence-electron chi connectivity index (χ3n) is 5.87. The molecule has 0 radical (unpaired) electrons. The smallest absolute Gasteiger partial charge is 0.319 e. The molecule has 7 nitrogen and oxygen atoms in total. The van der Waals surface area contributed by atoms with Gasteiger partial charge < -0.3 is 33.5 Å². The molecule has 1 aliphatic heterocycles. The van der Waals surface area contributed by atoms with Crippen molar-refractivity contribution in [2.45, 2.75) is 44.4 Å². The highest BCUT2D eigenvalue weighted by atomic mass is 16.7. The molecule has 1 fully saturated rings. The fraction of sp³-hybridized carbons (Fsp3) is 0.310. The van der Waals surface area contributed by atoms with Gasteiger partial charge in [0.25, 0.3) is 0 Å². The van der Waals surface area contributed by atoms with Gasteiger partial charge in [0.1, 0.15) is 12.2 Å². The molecule has 3 aromatic rings. The van der Waals surface area contributed by atoms with Gasteiger partial charge >= 0.3 is 5.95 Å². The molecular weight excluding hydrogens is 460 g/mol. The SMILES string of the molecule is CO/C(O)=C1/O[C@H](OC)[C@H](OCc2ccccc2)[C@@H](OCc2ccccc2)[C@@H]1OCc1ccccc1. The molecule has 0 unspecified atom stereocenters. The molecule has 36 heavy (non-hydrogen) atoms. The minimum absolute atomic E-state index is 0.0953. The summed E-state index contributed by atoms with van der Waals surface area (Å²) in [5.74, 6) is -0.303. The number of ether oxygens (including phenoxy) is 6. The first-order valence-electron chi connectivity index (χ1n) is 11.8. The normalized spacial score (nSPS) is 23.1. The Bertz CT molecular complexity index is 1070. The van der Waals surface area contributed by atoms with Crippen LogP contribution in [0.3, 0.4) is 0 Å². The van der Waals surface area contributed by atoms with Crippen LogP contribution in [0.2, 0.25) is 0 Å². The van der Waals surface area contributed by atoms with Gasteiger partial charge in [-0.05, 0) is 16.7 Å². The van der Waals surface area contributed by atoms with Crippen LogP contribution in [-0.2, 0) is 48.2 Å². The van der Waals surface area contributed by atoms with Crippen molar-refractivity contribution in [3.05, 3.63) is 119 Å². The Kier molecular flexibility index (Phi) is 9.35. The van der Waals surface area contributed by atoms with Crippen molar-refractivity contribution in [3.8, 4) is 0 Å². The number of rotatable bonds is 11. The number of methoxy groups -OCH3 is 2. The summed E-state index contributed by atoms with van der Waals surface area (Å²) in [5, 5.41) is 10.6. The summed E-state index contributed by atoms with van der Waals surface area (Å²) in [6.07, 6.45) is -3.02. The maximum Gasteiger partial charge on any atom is 0.319 e. The first-order valence-corrected chi connectivity index (χ1v) is 11.8. The lowest BCUT2D eigenvalue weighted by Gasteiger charge is -2.42. The van der Waals surface area contributed by atoms with Crippen molar-refractivity contribution in [3.63, 3.8) is 0 Å². The largest absolute Gasteiger partial charge is 0.478 e. The van der Waals surface area contributed by atoms with E-state index in [1.54, 1.807) is 0 Å². The number of aliphatic hydroxyl groups is 1. The Balaban J connectivity index is 1.64. The van der Waals surface area contributed by atoms with Crippen LogP contribution in [0.15, 0.2) is 103 Å². The van der Waals surface area contributed by atoms with Gasteiger partial charge in [0.15, 0.2) is 6.10 Å². The minimum Gasteiger partial charge on any atom is -0.478 e. The van der Waals surface area contributed by atoms with E-state index < -0.39 is 30.5 Å². The average molecular weight is 493 g/mol. The Labute approximate surface area is 211 Å². The lowest BCUT2D eigenvalue weighted by atomic mass is 10.0. The van der Waals surface area contributed by atoms with Crippen molar-refractivity contribution in [2.75, 3.05) is 14.2 Å². The molecule has 0 saturated carbocycles. The molecule has 0 aromatic heterocycles. The number of aliphatic hydroxyl groups excluding tert-OH is 1. The Morgan fingerprint density at radius 3 is 1.56 bits per heavy atom. The van der Waals surface area contributed by atoms with Gasteiger partial charge in [-0.3, -0.25) is 0 Å². The number of hydrogen-bond acceptors (Lipinski definition) is 7. The third kappa shape index (κ3) is 6.65. The van der Waals surface area contributed by atoms with Crippen LogP contribution in [0.25, 0.3) is 0 Å². The highest BCUT2D eigenvalue weighted by molar-refractivity contribution is 5.17. The second-order valence-corrected chi connectivity index (χ2v) is 8.34. The van der Waals surface area contributed by atoms with Gasteiger partial charge in [0.2, 0.25) is 12.0 Å². The van der Waals surface area contributed by atoms with E-state index in [2.05, 4.69) is 0 Å². The van der Waals surface area contributed by atoms with Crippen LogP contribution in [-0.4, -0.2) is 43.9 Å². The Morgan fingerprint density at radius 1 is 0.667 bits per heavy atom. The summed E-state index contributed by atoms with van der Waals surface area (Å²) in [6, 6.07) is 29.4. The summed E-state index contributed by atoms with van der Waals surface area (Å²) >= 11 is 0. The van der Waals surface area contributed by atoms with Gasteiger partial charge in [-0.25, -0.2) is 0 Å². The lowest BCUT2D eigenvalue weighted by Crippen LogP contribution is -2.56. The van der Waals surface area contributed by atoms with Crippen molar-refractivity contribution in [2.24, 2.45) is 0 Å². The van der Waals surface area contributed by atoms with Crippen molar-refractivity contribution in [1.29, 1.82) is 0 Å². The molecule has 4 rings (SSSR count). The summed E-state index contributed by atoms with van der Waals surface area (Å²) < 4.78 is 35.8. The summed E-state index contributed by atoms with van der Waals surface area (Å²) in [7, 11) is 2.88. The van der Waals surface area contributed by atoms with E-state index in [4.69, 9.17) is 28.4 Å². The van der Waals surface area contributed by atoms with Gasteiger partial charge in [0.05, 0.1) is 26.9 Å². The summed E-state index contributed by atoms with van der Waals surface area (Å²) in [6.45, 7) is 0.892. The van der Waals surface area contributed by atoms with Crippen LogP contribution in [0.5, 0.6) is 0 Å². The van der Waals surface area contributed by atoms with E-state index in [0.717, 1.165) is 16.7 Å². The summed E-state index contributed by atoms with van der Waals surface area (Å²) in [4.78, 5) is 0. The quantitative estimate of drug-likeness (QED) is 0.373. The van der Waals surface area contributed by atoms with E-state index in [0.29, 0.717) is 13.2 Å². The fourth-order valence-electron chi connectivity index (χ4n) is 4.01. The van der Waals surface area contributed by atoms with Crippen molar-refractivity contribution in [1.82, 2.24) is 0 Å². The Morgan fingerprint density at radius 2 is 1.11 bits per heavy atom. The van der Waals surface area contributed by atoms with E-state index >= 15 is 0 Å². The zero-order valence-electron chi connectivity index (χ0n) is 20.5. The minimum atomic E-state index is -0.863. The molecule has 4 atom stereocenters. The molecule has 190 valence electrons. The fourth-order valence-corrected chi connectivity index (χ4v) is 4.01. The second-order valence-electron chi connectivity index (χ2n) is 8.34. The van der Waals surface area contributed by atoms with Crippen LogP contribution in [0.1, 0.15) is 16.7 Å². The number of benzene rings is 3. The van der Waals surface area contributed by atoms with E-state index in [1.807, 2.05) is 91.0 Å². The zero-order chi connectivity index (χ0) is 25.2. The Hall–Kier alpha value is -3.36. The monoisotopic (exact) mass is 492 g/mol. The van der Waals surface area contributed by atoms with E-state index in [1.165, 1.54) is 14.2 Å². The molecule has 1 aliphatic rings. The van der Waals surface area contributed by atoms with Gasteiger partial charge in [-0.15, -0.1) is 0 Å². The zero-order valence-corrected chi connectivity index (χ0v) is 20.5. The highest BCUT2D eigenvalue weighted by Gasteiger charge is 2.48. The molecule has 0 amide bonds. The topological polar surface area (TPSA) is 75.6 Å².